The second-order valence-corrected chi connectivity index (χ2v) is 5.70. The normalized spacial score (nSPS) is 17.9. The average Bonchev–Trinajstić information content (AvgIpc) is 3.16. The maximum Gasteiger partial charge on any atom is 0.261 e. The Morgan fingerprint density at radius 2 is 2.29 bits per heavy atom. The summed E-state index contributed by atoms with van der Waals surface area (Å²) in [5, 5.41) is 1.81. The van der Waals surface area contributed by atoms with Crippen LogP contribution in [0.2, 0.25) is 0 Å². The standard InChI is InChI=1S/C15H17N3O2S/c1-11-14(10-21-17-11)15(19)18(9-13-3-2-8-20-13)12-4-6-16-7-5-12/h4-7,10,13H,2-3,8-9H2,1H3. The monoisotopic (exact) mass is 303 g/mol. The van der Waals surface area contributed by atoms with Crippen LogP contribution in [0.25, 0.3) is 0 Å². The summed E-state index contributed by atoms with van der Waals surface area (Å²) in [6.45, 7) is 3.21. The molecule has 21 heavy (non-hydrogen) atoms. The van der Waals surface area contributed by atoms with Crippen molar-refractivity contribution in [1.82, 2.24) is 9.36 Å². The predicted octanol–water partition coefficient (Wildman–Crippen LogP) is 2.67. The van der Waals surface area contributed by atoms with E-state index in [0.717, 1.165) is 30.8 Å². The third-order valence-electron chi connectivity index (χ3n) is 3.61. The van der Waals surface area contributed by atoms with Gasteiger partial charge >= 0.3 is 0 Å². The van der Waals surface area contributed by atoms with E-state index in [0.29, 0.717) is 12.1 Å². The molecule has 1 saturated heterocycles. The third kappa shape index (κ3) is 3.11. The largest absolute Gasteiger partial charge is 0.376 e. The minimum absolute atomic E-state index is 0.0250. The first-order valence-electron chi connectivity index (χ1n) is 7.00. The molecule has 3 rings (SSSR count). The molecule has 110 valence electrons. The Morgan fingerprint density at radius 3 is 2.90 bits per heavy atom. The van der Waals surface area contributed by atoms with Crippen molar-refractivity contribution in [1.29, 1.82) is 0 Å². The molecule has 0 saturated carbocycles. The highest BCUT2D eigenvalue weighted by molar-refractivity contribution is 7.04. The molecule has 0 radical (unpaired) electrons. The van der Waals surface area contributed by atoms with Crippen molar-refractivity contribution in [3.63, 3.8) is 0 Å². The molecular formula is C15H17N3O2S. The molecule has 6 heteroatoms. The van der Waals surface area contributed by atoms with Crippen LogP contribution in [-0.2, 0) is 4.74 Å². The summed E-state index contributed by atoms with van der Waals surface area (Å²) in [6.07, 6.45) is 5.56. The predicted molar refractivity (Wildman–Crippen MR) is 81.7 cm³/mol. The van der Waals surface area contributed by atoms with E-state index in [9.17, 15) is 4.79 Å². The smallest absolute Gasteiger partial charge is 0.261 e. The van der Waals surface area contributed by atoms with Gasteiger partial charge in [-0.1, -0.05) is 0 Å². The van der Waals surface area contributed by atoms with Gasteiger partial charge in [-0.05, 0) is 43.4 Å². The van der Waals surface area contributed by atoms with E-state index in [4.69, 9.17) is 4.74 Å². The minimum atomic E-state index is -0.0250. The Labute approximate surface area is 127 Å². The van der Waals surface area contributed by atoms with Gasteiger partial charge in [0.05, 0.1) is 23.9 Å². The van der Waals surface area contributed by atoms with Gasteiger partial charge in [0.1, 0.15) is 0 Å². The van der Waals surface area contributed by atoms with Crippen molar-refractivity contribution in [3.8, 4) is 0 Å². The molecule has 0 aliphatic carbocycles. The van der Waals surface area contributed by atoms with Crippen molar-refractivity contribution in [3.05, 3.63) is 41.2 Å². The van der Waals surface area contributed by atoms with Crippen LogP contribution in [0.1, 0.15) is 28.9 Å². The zero-order chi connectivity index (χ0) is 14.7. The molecule has 0 N–H and O–H groups in total. The van der Waals surface area contributed by atoms with Gasteiger partial charge in [-0.15, -0.1) is 0 Å². The number of aryl methyl sites for hydroxylation is 1. The summed E-state index contributed by atoms with van der Waals surface area (Å²) < 4.78 is 9.88. The van der Waals surface area contributed by atoms with Gasteiger partial charge in [-0.25, -0.2) is 0 Å². The van der Waals surface area contributed by atoms with Crippen molar-refractivity contribution in [2.24, 2.45) is 0 Å². The average molecular weight is 303 g/mol. The number of rotatable bonds is 4. The first-order valence-corrected chi connectivity index (χ1v) is 7.84. The summed E-state index contributed by atoms with van der Waals surface area (Å²) in [5.74, 6) is -0.0250. The molecule has 1 amide bonds. The third-order valence-corrected chi connectivity index (χ3v) is 4.33. The van der Waals surface area contributed by atoms with Gasteiger partial charge in [0.2, 0.25) is 0 Å². The van der Waals surface area contributed by atoms with E-state index in [1.807, 2.05) is 19.1 Å². The SMILES string of the molecule is Cc1nscc1C(=O)N(CC1CCCO1)c1ccncc1. The number of carbonyl (C=O) groups is 1. The molecule has 1 fully saturated rings. The molecule has 1 aliphatic heterocycles. The highest BCUT2D eigenvalue weighted by atomic mass is 32.1. The Morgan fingerprint density at radius 1 is 1.48 bits per heavy atom. The number of aromatic nitrogens is 2. The van der Waals surface area contributed by atoms with Gasteiger partial charge < -0.3 is 9.64 Å². The van der Waals surface area contributed by atoms with Crippen molar-refractivity contribution in [2.45, 2.75) is 25.9 Å². The Kier molecular flexibility index (Phi) is 4.26. The highest BCUT2D eigenvalue weighted by Gasteiger charge is 2.26. The number of ether oxygens (including phenoxy) is 1. The van der Waals surface area contributed by atoms with E-state index in [-0.39, 0.29) is 12.0 Å². The quantitative estimate of drug-likeness (QED) is 0.871. The lowest BCUT2D eigenvalue weighted by atomic mass is 10.1. The van der Waals surface area contributed by atoms with Crippen LogP contribution in [0.15, 0.2) is 29.9 Å². The molecule has 2 aromatic rings. The zero-order valence-electron chi connectivity index (χ0n) is 11.9. The van der Waals surface area contributed by atoms with Crippen LogP contribution >= 0.6 is 11.5 Å². The van der Waals surface area contributed by atoms with Crippen LogP contribution in [0.5, 0.6) is 0 Å². The van der Waals surface area contributed by atoms with Gasteiger partial charge in [0.25, 0.3) is 5.91 Å². The number of hydrogen-bond donors (Lipinski definition) is 0. The van der Waals surface area contributed by atoms with Crippen molar-refractivity contribution < 1.29 is 9.53 Å². The van der Waals surface area contributed by atoms with E-state index in [2.05, 4.69) is 9.36 Å². The fourth-order valence-electron chi connectivity index (χ4n) is 2.46. The highest BCUT2D eigenvalue weighted by Crippen LogP contribution is 2.22. The van der Waals surface area contributed by atoms with Gasteiger partial charge in [-0.2, -0.15) is 4.37 Å². The van der Waals surface area contributed by atoms with Crippen LogP contribution < -0.4 is 4.90 Å². The summed E-state index contributed by atoms with van der Waals surface area (Å²) >= 11 is 1.31. The molecule has 2 aromatic heterocycles. The molecule has 0 bridgehead atoms. The van der Waals surface area contributed by atoms with Crippen LogP contribution in [0.4, 0.5) is 5.69 Å². The van der Waals surface area contributed by atoms with Crippen LogP contribution in [0, 0.1) is 6.92 Å². The lowest BCUT2D eigenvalue weighted by molar-refractivity contribution is 0.0917. The molecule has 3 heterocycles. The Hall–Kier alpha value is -1.79. The van der Waals surface area contributed by atoms with Crippen molar-refractivity contribution in [2.75, 3.05) is 18.1 Å². The van der Waals surface area contributed by atoms with E-state index >= 15 is 0 Å². The fraction of sp³-hybridized carbons (Fsp3) is 0.400. The van der Waals surface area contributed by atoms with E-state index in [1.54, 1.807) is 22.7 Å². The second-order valence-electron chi connectivity index (χ2n) is 5.07. The summed E-state index contributed by atoms with van der Waals surface area (Å²) in [6, 6.07) is 3.70. The molecule has 0 aromatic carbocycles. The number of anilines is 1. The maximum atomic E-state index is 12.8. The molecule has 1 atom stereocenters. The summed E-state index contributed by atoms with van der Waals surface area (Å²) in [7, 11) is 0. The topological polar surface area (TPSA) is 55.3 Å². The maximum absolute atomic E-state index is 12.8. The molecule has 1 aliphatic rings. The minimum Gasteiger partial charge on any atom is -0.376 e. The number of amides is 1. The van der Waals surface area contributed by atoms with Crippen LogP contribution in [-0.4, -0.2) is 34.5 Å². The molecule has 5 nitrogen and oxygen atoms in total. The number of hydrogen-bond acceptors (Lipinski definition) is 5. The van der Waals surface area contributed by atoms with Gasteiger partial charge in [0, 0.05) is 30.1 Å². The van der Waals surface area contributed by atoms with E-state index < -0.39 is 0 Å². The van der Waals surface area contributed by atoms with Gasteiger partial charge in [0.15, 0.2) is 0 Å². The lowest BCUT2D eigenvalue weighted by Crippen LogP contribution is -2.37. The first kappa shape index (κ1) is 14.2. The number of nitrogens with zero attached hydrogens (tertiary/aromatic N) is 3. The Balaban J connectivity index is 1.88. The Bertz CT molecular complexity index is 608. The molecule has 0 spiro atoms. The van der Waals surface area contributed by atoms with Gasteiger partial charge in [-0.3, -0.25) is 9.78 Å². The van der Waals surface area contributed by atoms with E-state index in [1.165, 1.54) is 11.5 Å². The summed E-state index contributed by atoms with van der Waals surface area (Å²) in [4.78, 5) is 18.6. The summed E-state index contributed by atoms with van der Waals surface area (Å²) in [5.41, 5.74) is 2.28. The first-order chi connectivity index (χ1) is 10.3. The number of pyridine rings is 1. The number of carbonyl (C=O) groups excluding carboxylic acids is 1. The molecule has 1 unspecified atom stereocenters. The van der Waals surface area contributed by atoms with Crippen LogP contribution in [0.3, 0.4) is 0 Å². The zero-order valence-corrected chi connectivity index (χ0v) is 12.7. The second kappa shape index (κ2) is 6.32. The lowest BCUT2D eigenvalue weighted by Gasteiger charge is -2.25. The van der Waals surface area contributed by atoms with Crippen molar-refractivity contribution >= 4 is 23.1 Å². The fourth-order valence-corrected chi connectivity index (χ4v) is 3.15. The molecular weight excluding hydrogens is 286 g/mol.